The van der Waals surface area contributed by atoms with Gasteiger partial charge in [0.2, 0.25) is 0 Å². The molecule has 1 aliphatic heterocycles. The zero-order valence-electron chi connectivity index (χ0n) is 13.0. The van der Waals surface area contributed by atoms with Gasteiger partial charge in [-0.25, -0.2) is 9.78 Å². The molecule has 2 heterocycles. The number of rotatable bonds is 6. The van der Waals surface area contributed by atoms with Crippen molar-refractivity contribution in [2.24, 2.45) is 0 Å². The van der Waals surface area contributed by atoms with Crippen molar-refractivity contribution in [3.63, 3.8) is 0 Å². The molecule has 1 aromatic heterocycles. The van der Waals surface area contributed by atoms with Crippen LogP contribution in [0.1, 0.15) is 16.8 Å². The summed E-state index contributed by atoms with van der Waals surface area (Å²) in [5.41, 5.74) is 4.00. The van der Waals surface area contributed by atoms with E-state index in [1.807, 2.05) is 22.8 Å². The van der Waals surface area contributed by atoms with Crippen molar-refractivity contribution in [3.8, 4) is 0 Å². The molecule has 0 radical (unpaired) electrons. The molecule has 0 fully saturated rings. The van der Waals surface area contributed by atoms with Crippen LogP contribution in [0.15, 0.2) is 30.7 Å². The lowest BCUT2D eigenvalue weighted by molar-refractivity contribution is 0.134. The van der Waals surface area contributed by atoms with E-state index in [0.717, 1.165) is 16.9 Å². The van der Waals surface area contributed by atoms with E-state index in [1.54, 1.807) is 19.6 Å². The van der Waals surface area contributed by atoms with E-state index in [0.29, 0.717) is 32.9 Å². The van der Waals surface area contributed by atoms with Crippen molar-refractivity contribution in [2.45, 2.75) is 26.3 Å². The monoisotopic (exact) mass is 316 g/mol. The second kappa shape index (κ2) is 7.26. The first kappa shape index (κ1) is 15.5. The van der Waals surface area contributed by atoms with Crippen LogP contribution in [0.3, 0.4) is 0 Å². The number of benzene rings is 1. The smallest absolute Gasteiger partial charge is 0.319 e. The maximum absolute atomic E-state index is 12.0. The van der Waals surface area contributed by atoms with Gasteiger partial charge >= 0.3 is 6.03 Å². The summed E-state index contributed by atoms with van der Waals surface area (Å²) >= 11 is 0. The Morgan fingerprint density at radius 3 is 3.13 bits per heavy atom. The molecule has 0 atom stereocenters. The Hall–Kier alpha value is -2.38. The Bertz CT molecular complexity index is 684. The summed E-state index contributed by atoms with van der Waals surface area (Å²) in [6, 6.07) is 5.57. The van der Waals surface area contributed by atoms with Gasteiger partial charge in [0.15, 0.2) is 0 Å². The molecule has 0 bridgehead atoms. The minimum absolute atomic E-state index is 0.247. The summed E-state index contributed by atoms with van der Waals surface area (Å²) in [4.78, 5) is 16.1. The molecule has 1 aliphatic rings. The van der Waals surface area contributed by atoms with Crippen LogP contribution in [0, 0.1) is 0 Å². The molecule has 2 N–H and O–H groups in total. The Morgan fingerprint density at radius 1 is 1.39 bits per heavy atom. The SMILES string of the molecule is COCCn1cncc1CNC(=O)Nc1ccc2c(c1)COC2. The first-order valence-corrected chi connectivity index (χ1v) is 7.48. The van der Waals surface area contributed by atoms with Crippen molar-refractivity contribution < 1.29 is 14.3 Å². The highest BCUT2D eigenvalue weighted by molar-refractivity contribution is 5.89. The van der Waals surface area contributed by atoms with Gasteiger partial charge in [0, 0.05) is 25.5 Å². The van der Waals surface area contributed by atoms with Crippen LogP contribution < -0.4 is 10.6 Å². The number of imidazole rings is 1. The molecular weight excluding hydrogens is 296 g/mol. The van der Waals surface area contributed by atoms with E-state index in [-0.39, 0.29) is 6.03 Å². The van der Waals surface area contributed by atoms with Gasteiger partial charge < -0.3 is 24.7 Å². The van der Waals surface area contributed by atoms with Crippen LogP contribution in [-0.4, -0.2) is 29.3 Å². The number of fused-ring (bicyclic) bond motifs is 1. The average molecular weight is 316 g/mol. The fourth-order valence-electron chi connectivity index (χ4n) is 2.48. The van der Waals surface area contributed by atoms with Gasteiger partial charge in [-0.15, -0.1) is 0 Å². The number of carbonyl (C=O) groups is 1. The third-order valence-electron chi connectivity index (χ3n) is 3.74. The average Bonchev–Trinajstić information content (AvgIpc) is 3.19. The van der Waals surface area contributed by atoms with Gasteiger partial charge in [0.25, 0.3) is 0 Å². The molecule has 2 aromatic rings. The third kappa shape index (κ3) is 3.88. The molecule has 0 saturated carbocycles. The topological polar surface area (TPSA) is 77.4 Å². The van der Waals surface area contributed by atoms with Crippen LogP contribution >= 0.6 is 0 Å². The Morgan fingerprint density at radius 2 is 2.26 bits per heavy atom. The number of carbonyl (C=O) groups excluding carboxylic acids is 1. The largest absolute Gasteiger partial charge is 0.383 e. The number of aromatic nitrogens is 2. The van der Waals surface area contributed by atoms with Gasteiger partial charge in [-0.2, -0.15) is 0 Å². The molecule has 3 rings (SSSR count). The van der Waals surface area contributed by atoms with E-state index in [9.17, 15) is 4.79 Å². The fourth-order valence-corrected chi connectivity index (χ4v) is 2.48. The minimum atomic E-state index is -0.247. The van der Waals surface area contributed by atoms with Crippen molar-refractivity contribution in [1.82, 2.24) is 14.9 Å². The Kier molecular flexibility index (Phi) is 4.89. The summed E-state index contributed by atoms with van der Waals surface area (Å²) < 4.78 is 12.4. The van der Waals surface area contributed by atoms with Crippen molar-refractivity contribution in [2.75, 3.05) is 19.0 Å². The van der Waals surface area contributed by atoms with Gasteiger partial charge in [-0.3, -0.25) is 0 Å². The van der Waals surface area contributed by atoms with Gasteiger partial charge in [-0.05, 0) is 23.3 Å². The first-order valence-electron chi connectivity index (χ1n) is 7.48. The molecule has 2 amide bonds. The number of hydrogen-bond acceptors (Lipinski definition) is 4. The van der Waals surface area contributed by atoms with E-state index >= 15 is 0 Å². The molecular formula is C16H20N4O3. The van der Waals surface area contributed by atoms with Crippen LogP contribution in [0.4, 0.5) is 10.5 Å². The maximum atomic E-state index is 12.0. The molecule has 7 heteroatoms. The van der Waals surface area contributed by atoms with Crippen molar-refractivity contribution >= 4 is 11.7 Å². The van der Waals surface area contributed by atoms with Gasteiger partial charge in [-0.1, -0.05) is 6.07 Å². The summed E-state index contributed by atoms with van der Waals surface area (Å²) in [6.45, 7) is 2.97. The number of hydrogen-bond donors (Lipinski definition) is 2. The van der Waals surface area contributed by atoms with Crippen LogP contribution in [0.2, 0.25) is 0 Å². The molecule has 1 aromatic carbocycles. The lowest BCUT2D eigenvalue weighted by atomic mass is 10.1. The minimum Gasteiger partial charge on any atom is -0.383 e. The van der Waals surface area contributed by atoms with Gasteiger partial charge in [0.1, 0.15) is 0 Å². The van der Waals surface area contributed by atoms with Crippen molar-refractivity contribution in [1.29, 1.82) is 0 Å². The molecule has 122 valence electrons. The molecule has 7 nitrogen and oxygen atoms in total. The van der Waals surface area contributed by atoms with Gasteiger partial charge in [0.05, 0.1) is 38.4 Å². The van der Waals surface area contributed by atoms with E-state index in [4.69, 9.17) is 9.47 Å². The predicted molar refractivity (Wildman–Crippen MR) is 84.9 cm³/mol. The highest BCUT2D eigenvalue weighted by Crippen LogP contribution is 2.23. The van der Waals surface area contributed by atoms with Crippen LogP contribution in [0.25, 0.3) is 0 Å². The zero-order valence-corrected chi connectivity index (χ0v) is 13.0. The van der Waals surface area contributed by atoms with Crippen molar-refractivity contribution in [3.05, 3.63) is 47.5 Å². The number of methoxy groups -OCH3 is 1. The Balaban J connectivity index is 1.53. The molecule has 0 saturated heterocycles. The molecule has 0 unspecified atom stereocenters. The standard InChI is InChI=1S/C16H20N4O3/c1-22-5-4-20-11-17-7-15(20)8-18-16(21)19-14-3-2-12-9-23-10-13(12)6-14/h2-3,6-7,11H,4-5,8-10H2,1H3,(H2,18,19,21). The number of amides is 2. The number of ether oxygens (including phenoxy) is 2. The molecule has 23 heavy (non-hydrogen) atoms. The number of nitrogens with one attached hydrogen (secondary N) is 2. The van der Waals surface area contributed by atoms with E-state index in [1.165, 1.54) is 5.56 Å². The first-order chi connectivity index (χ1) is 11.3. The number of urea groups is 1. The quantitative estimate of drug-likeness (QED) is 0.853. The normalized spacial score (nSPS) is 12.9. The second-order valence-electron chi connectivity index (χ2n) is 5.36. The van der Waals surface area contributed by atoms with Crippen LogP contribution in [-0.2, 0) is 35.8 Å². The predicted octanol–water partition coefficient (Wildman–Crippen LogP) is 1.88. The number of nitrogens with zero attached hydrogens (tertiary/aromatic N) is 2. The summed E-state index contributed by atoms with van der Waals surface area (Å²) in [6.07, 6.45) is 3.47. The lowest BCUT2D eigenvalue weighted by Gasteiger charge is -2.10. The highest BCUT2D eigenvalue weighted by atomic mass is 16.5. The summed E-state index contributed by atoms with van der Waals surface area (Å²) in [5, 5.41) is 5.67. The zero-order chi connectivity index (χ0) is 16.1. The van der Waals surface area contributed by atoms with E-state index < -0.39 is 0 Å². The second-order valence-corrected chi connectivity index (χ2v) is 5.36. The summed E-state index contributed by atoms with van der Waals surface area (Å²) in [5.74, 6) is 0. The lowest BCUT2D eigenvalue weighted by Crippen LogP contribution is -2.29. The summed E-state index contributed by atoms with van der Waals surface area (Å²) in [7, 11) is 1.66. The highest BCUT2D eigenvalue weighted by Gasteiger charge is 2.12. The molecule has 0 spiro atoms. The fraction of sp³-hybridized carbons (Fsp3) is 0.375. The van der Waals surface area contributed by atoms with Crippen LogP contribution in [0.5, 0.6) is 0 Å². The molecule has 0 aliphatic carbocycles. The Labute approximate surface area is 134 Å². The van der Waals surface area contributed by atoms with E-state index in [2.05, 4.69) is 15.6 Å². The maximum Gasteiger partial charge on any atom is 0.319 e. The third-order valence-corrected chi connectivity index (χ3v) is 3.74. The number of anilines is 1.